The predicted molar refractivity (Wildman–Crippen MR) is 133 cm³/mol. The Balaban J connectivity index is 1.25. The minimum atomic E-state index is -4.22. The fourth-order valence-corrected chi connectivity index (χ4v) is 10.2. The molecule has 0 aliphatic heterocycles. The van der Waals surface area contributed by atoms with Crippen LogP contribution in [0.15, 0.2) is 40.8 Å². The van der Waals surface area contributed by atoms with Crippen molar-refractivity contribution >= 4 is 10.1 Å². The van der Waals surface area contributed by atoms with E-state index in [-0.39, 0.29) is 29.3 Å². The van der Waals surface area contributed by atoms with Gasteiger partial charge in [0.25, 0.3) is 10.1 Å². The van der Waals surface area contributed by atoms with Gasteiger partial charge in [-0.25, -0.2) is 8.78 Å². The SMILES string of the molecule is Cc1ccc(S(=O)(=O)OC23CCC(C45CCC(C6CCC(O)CC6)(CC4)CC5)(CC2)C(F)=C3F)cc1. The van der Waals surface area contributed by atoms with E-state index in [9.17, 15) is 13.5 Å². The van der Waals surface area contributed by atoms with E-state index < -0.39 is 32.8 Å². The summed E-state index contributed by atoms with van der Waals surface area (Å²) in [5, 5.41) is 9.96. The summed E-state index contributed by atoms with van der Waals surface area (Å²) in [5.41, 5.74) is -1.58. The Morgan fingerprint density at radius 2 is 1.36 bits per heavy atom. The molecule has 0 spiro atoms. The summed E-state index contributed by atoms with van der Waals surface area (Å²) in [7, 11) is -4.22. The van der Waals surface area contributed by atoms with Crippen LogP contribution in [0.1, 0.15) is 95.5 Å². The van der Waals surface area contributed by atoms with Gasteiger partial charge in [-0.3, -0.25) is 4.18 Å². The number of allylic oxidation sites excluding steroid dienone is 1. The van der Waals surface area contributed by atoms with E-state index in [1.165, 1.54) is 12.1 Å². The van der Waals surface area contributed by atoms with Crippen LogP contribution in [0, 0.1) is 29.1 Å². The molecule has 4 nitrogen and oxygen atoms in total. The van der Waals surface area contributed by atoms with Gasteiger partial charge in [0.05, 0.1) is 11.0 Å². The first-order valence-electron chi connectivity index (χ1n) is 13.8. The summed E-state index contributed by atoms with van der Waals surface area (Å²) in [6.45, 7) is 1.86. The van der Waals surface area contributed by atoms with E-state index in [1.807, 2.05) is 6.92 Å². The van der Waals surface area contributed by atoms with Crippen LogP contribution in [-0.4, -0.2) is 25.2 Å². The van der Waals surface area contributed by atoms with Gasteiger partial charge in [0.15, 0.2) is 5.83 Å². The number of fused-ring (bicyclic) bond motifs is 5. The minimum absolute atomic E-state index is 0.0252. The molecule has 1 aromatic carbocycles. The average molecular weight is 521 g/mol. The van der Waals surface area contributed by atoms with Crippen molar-refractivity contribution < 1.29 is 26.5 Å². The highest BCUT2D eigenvalue weighted by atomic mass is 32.2. The van der Waals surface area contributed by atoms with Gasteiger partial charge in [0.1, 0.15) is 11.4 Å². The lowest BCUT2D eigenvalue weighted by Gasteiger charge is -2.66. The van der Waals surface area contributed by atoms with Crippen LogP contribution < -0.4 is 0 Å². The normalized spacial score (nSPS) is 42.7. The van der Waals surface area contributed by atoms with Crippen molar-refractivity contribution in [1.82, 2.24) is 0 Å². The van der Waals surface area contributed by atoms with E-state index in [2.05, 4.69) is 0 Å². The maximum Gasteiger partial charge on any atom is 0.297 e. The summed E-state index contributed by atoms with van der Waals surface area (Å²) in [6, 6.07) is 6.26. The standard InChI is InChI=1S/C29H38F2O4S/c1-20-2-8-23(9-3-20)36(33,34)35-29-18-16-28(17-19-29,24(30)25(29)31)27-13-10-26(11-14-27,12-15-27)21-4-6-22(32)7-5-21/h2-3,8-9,21-22,32H,4-7,10-19H2,1H3. The summed E-state index contributed by atoms with van der Waals surface area (Å²) < 4.78 is 63.6. The van der Waals surface area contributed by atoms with Crippen LogP contribution in [0.2, 0.25) is 0 Å². The molecule has 1 aromatic rings. The van der Waals surface area contributed by atoms with Crippen LogP contribution in [0.3, 0.4) is 0 Å². The van der Waals surface area contributed by atoms with E-state index in [0.717, 1.165) is 69.8 Å². The second-order valence-electron chi connectivity index (χ2n) is 12.7. The quantitative estimate of drug-likeness (QED) is 0.422. The van der Waals surface area contributed by atoms with Crippen molar-refractivity contribution in [3.8, 4) is 0 Å². The Kier molecular flexibility index (Phi) is 5.79. The van der Waals surface area contributed by atoms with Crippen molar-refractivity contribution in [3.63, 3.8) is 0 Å². The van der Waals surface area contributed by atoms with Crippen molar-refractivity contribution in [2.24, 2.45) is 22.2 Å². The van der Waals surface area contributed by atoms with Crippen LogP contribution in [-0.2, 0) is 14.3 Å². The van der Waals surface area contributed by atoms with Crippen molar-refractivity contribution in [1.29, 1.82) is 0 Å². The second kappa shape index (κ2) is 8.34. The fourth-order valence-electron chi connectivity index (χ4n) is 9.01. The molecular weight excluding hydrogens is 482 g/mol. The van der Waals surface area contributed by atoms with Gasteiger partial charge >= 0.3 is 0 Å². The molecule has 7 aliphatic carbocycles. The van der Waals surface area contributed by atoms with Crippen LogP contribution in [0.25, 0.3) is 0 Å². The molecule has 7 heteroatoms. The van der Waals surface area contributed by atoms with Gasteiger partial charge in [-0.15, -0.1) is 0 Å². The first kappa shape index (κ1) is 25.0. The largest absolute Gasteiger partial charge is 0.393 e. The molecule has 1 N–H and O–H groups in total. The van der Waals surface area contributed by atoms with Gasteiger partial charge in [0, 0.05) is 5.41 Å². The number of aliphatic hydroxyl groups excluding tert-OH is 1. The highest BCUT2D eigenvalue weighted by molar-refractivity contribution is 7.86. The molecular formula is C29H38F2O4S. The van der Waals surface area contributed by atoms with E-state index in [0.29, 0.717) is 24.2 Å². The number of halogens is 2. The Morgan fingerprint density at radius 1 is 0.806 bits per heavy atom. The molecule has 0 amide bonds. The molecule has 0 heterocycles. The summed E-state index contributed by atoms with van der Waals surface area (Å²) in [6.07, 6.45) is 11.0. The van der Waals surface area contributed by atoms with Crippen LogP contribution >= 0.6 is 0 Å². The van der Waals surface area contributed by atoms with Crippen molar-refractivity contribution in [3.05, 3.63) is 41.5 Å². The predicted octanol–water partition coefficient (Wildman–Crippen LogP) is 7.06. The van der Waals surface area contributed by atoms with Gasteiger partial charge in [-0.1, -0.05) is 17.7 Å². The molecule has 0 aromatic heterocycles. The third-order valence-corrected chi connectivity index (χ3v) is 12.8. The van der Waals surface area contributed by atoms with E-state index in [4.69, 9.17) is 4.18 Å². The van der Waals surface area contributed by atoms with Crippen LogP contribution in [0.4, 0.5) is 8.78 Å². The topological polar surface area (TPSA) is 63.6 Å². The minimum Gasteiger partial charge on any atom is -0.393 e. The highest BCUT2D eigenvalue weighted by Gasteiger charge is 2.68. The van der Waals surface area contributed by atoms with Gasteiger partial charge < -0.3 is 5.11 Å². The Bertz CT molecular complexity index is 1130. The lowest BCUT2D eigenvalue weighted by Crippen LogP contribution is -2.59. The Hall–Kier alpha value is -1.31. The molecule has 5 fully saturated rings. The maximum absolute atomic E-state index is 16.1. The molecule has 0 atom stereocenters. The Morgan fingerprint density at radius 3 is 1.92 bits per heavy atom. The zero-order valence-electron chi connectivity index (χ0n) is 21.2. The summed E-state index contributed by atoms with van der Waals surface area (Å²) in [4.78, 5) is -0.0252. The van der Waals surface area contributed by atoms with Crippen LogP contribution in [0.5, 0.6) is 0 Å². The van der Waals surface area contributed by atoms with Gasteiger partial charge in [-0.2, -0.15) is 8.42 Å². The fraction of sp³-hybridized carbons (Fsp3) is 0.724. The maximum atomic E-state index is 16.1. The molecule has 0 saturated heterocycles. The molecule has 5 saturated carbocycles. The monoisotopic (exact) mass is 520 g/mol. The third-order valence-electron chi connectivity index (χ3n) is 11.4. The number of hydrogen-bond donors (Lipinski definition) is 1. The van der Waals surface area contributed by atoms with Gasteiger partial charge in [0.2, 0.25) is 0 Å². The van der Waals surface area contributed by atoms with Crippen molar-refractivity contribution in [2.45, 2.75) is 113 Å². The molecule has 4 bridgehead atoms. The van der Waals surface area contributed by atoms with Gasteiger partial charge in [-0.05, 0) is 126 Å². The Labute approximate surface area is 213 Å². The molecule has 198 valence electrons. The third kappa shape index (κ3) is 3.51. The number of benzene rings is 1. The zero-order chi connectivity index (χ0) is 25.4. The van der Waals surface area contributed by atoms with E-state index >= 15 is 8.78 Å². The second-order valence-corrected chi connectivity index (χ2v) is 14.2. The average Bonchev–Trinajstić information content (AvgIpc) is 2.89. The molecule has 0 unspecified atom stereocenters. The number of hydrogen-bond acceptors (Lipinski definition) is 4. The first-order valence-corrected chi connectivity index (χ1v) is 15.2. The molecule has 36 heavy (non-hydrogen) atoms. The first-order chi connectivity index (χ1) is 17.1. The van der Waals surface area contributed by atoms with Crippen molar-refractivity contribution in [2.75, 3.05) is 0 Å². The smallest absolute Gasteiger partial charge is 0.297 e. The molecule has 7 aliphatic rings. The molecule has 8 rings (SSSR count). The summed E-state index contributed by atoms with van der Waals surface area (Å²) in [5.74, 6) is -1.07. The summed E-state index contributed by atoms with van der Waals surface area (Å²) >= 11 is 0. The number of rotatable bonds is 5. The number of aryl methyl sites for hydroxylation is 1. The lowest BCUT2D eigenvalue weighted by molar-refractivity contribution is -0.157. The highest BCUT2D eigenvalue weighted by Crippen LogP contribution is 2.74. The zero-order valence-corrected chi connectivity index (χ0v) is 22.0. The molecule has 0 radical (unpaired) electrons. The lowest BCUT2D eigenvalue weighted by atomic mass is 9.39. The number of aliphatic hydroxyl groups is 1. The van der Waals surface area contributed by atoms with E-state index in [1.54, 1.807) is 12.1 Å².